The molecule has 0 saturated carbocycles. The monoisotopic (exact) mass is 467 g/mol. The number of nitrogens with one attached hydrogen (secondary N) is 1. The van der Waals surface area contributed by atoms with Crippen molar-refractivity contribution in [1.82, 2.24) is 5.32 Å². The molecule has 176 valence electrons. The normalized spacial score (nSPS) is 11.3. The highest BCUT2D eigenvalue weighted by molar-refractivity contribution is 5.99. The second-order valence-electron chi connectivity index (χ2n) is 7.42. The summed E-state index contributed by atoms with van der Waals surface area (Å²) in [6.45, 7) is 2.97. The molecule has 6 nitrogen and oxygen atoms in total. The van der Waals surface area contributed by atoms with Crippen LogP contribution in [0.25, 0.3) is 5.57 Å². The first-order valence-corrected chi connectivity index (χ1v) is 10.3. The second kappa shape index (κ2) is 10.6. The number of amides is 1. The number of hydrogen-bond acceptors (Lipinski definition) is 5. The molecule has 0 heterocycles. The Morgan fingerprint density at radius 2 is 1.44 bits per heavy atom. The van der Waals surface area contributed by atoms with Crippen LogP contribution in [0.3, 0.4) is 0 Å². The van der Waals surface area contributed by atoms with Gasteiger partial charge in [0, 0.05) is 5.57 Å². The number of carbonyl (C=O) groups is 2. The molecule has 3 aromatic rings. The maximum Gasteiger partial charge on any atom is 0.333 e. The van der Waals surface area contributed by atoms with Crippen molar-refractivity contribution < 1.29 is 33.0 Å². The number of rotatable bonds is 7. The molecule has 1 atom stereocenters. The quantitative estimate of drug-likeness (QED) is 0.385. The van der Waals surface area contributed by atoms with Crippen molar-refractivity contribution in [2.75, 3.05) is 7.11 Å². The third kappa shape index (κ3) is 5.58. The molecule has 0 aliphatic heterocycles. The van der Waals surface area contributed by atoms with Crippen LogP contribution in [0, 0.1) is 11.6 Å². The van der Waals surface area contributed by atoms with E-state index in [4.69, 9.17) is 9.47 Å². The Morgan fingerprint density at radius 3 is 1.94 bits per heavy atom. The smallest absolute Gasteiger partial charge is 0.333 e. The number of benzene rings is 3. The summed E-state index contributed by atoms with van der Waals surface area (Å²) in [5.74, 6) is -2.40. The van der Waals surface area contributed by atoms with Gasteiger partial charge in [0.05, 0.1) is 12.7 Å². The van der Waals surface area contributed by atoms with Gasteiger partial charge in [-0.3, -0.25) is 4.79 Å². The summed E-state index contributed by atoms with van der Waals surface area (Å²) in [4.78, 5) is 25.3. The Kier molecular flexibility index (Phi) is 7.63. The van der Waals surface area contributed by atoms with E-state index in [1.54, 1.807) is 6.92 Å². The minimum absolute atomic E-state index is 0.0652. The standard InChI is InChI=1S/C26H23F2NO5/c1-15(29-25(31)21-5-4-6-22(33-3)24(21)30)26(32)34-16(2)23(17-7-11-19(27)12-8-17)18-9-13-20(28)14-10-18/h4-15,30H,1-3H3,(H,29,31)/t15-/m0/s1. The molecule has 1 amide bonds. The van der Waals surface area contributed by atoms with Crippen molar-refractivity contribution in [3.05, 3.63) is 101 Å². The molecule has 8 heteroatoms. The number of allylic oxidation sites excluding steroid dienone is 1. The molecule has 0 aliphatic rings. The van der Waals surface area contributed by atoms with E-state index in [1.807, 2.05) is 0 Å². The van der Waals surface area contributed by atoms with E-state index in [0.29, 0.717) is 16.7 Å². The molecule has 0 radical (unpaired) electrons. The van der Waals surface area contributed by atoms with Gasteiger partial charge in [-0.05, 0) is 61.4 Å². The van der Waals surface area contributed by atoms with Crippen LogP contribution in [-0.4, -0.2) is 30.1 Å². The number of ether oxygens (including phenoxy) is 2. The van der Waals surface area contributed by atoms with Gasteiger partial charge in [0.2, 0.25) is 0 Å². The van der Waals surface area contributed by atoms with Crippen LogP contribution in [-0.2, 0) is 9.53 Å². The number of phenols is 1. The van der Waals surface area contributed by atoms with E-state index in [1.165, 1.54) is 80.8 Å². The fourth-order valence-corrected chi connectivity index (χ4v) is 3.30. The van der Waals surface area contributed by atoms with Crippen LogP contribution in [0.2, 0.25) is 0 Å². The summed E-state index contributed by atoms with van der Waals surface area (Å²) in [6, 6.07) is 14.4. The van der Waals surface area contributed by atoms with Gasteiger partial charge in [-0.2, -0.15) is 0 Å². The summed E-state index contributed by atoms with van der Waals surface area (Å²) in [7, 11) is 1.35. The molecule has 0 unspecified atom stereocenters. The molecular weight excluding hydrogens is 444 g/mol. The summed E-state index contributed by atoms with van der Waals surface area (Å²) in [6.07, 6.45) is 0. The van der Waals surface area contributed by atoms with Gasteiger partial charge in [-0.15, -0.1) is 0 Å². The number of carbonyl (C=O) groups excluding carboxylic acids is 2. The second-order valence-corrected chi connectivity index (χ2v) is 7.42. The van der Waals surface area contributed by atoms with E-state index in [-0.39, 0.29) is 22.8 Å². The number of esters is 1. The Balaban J connectivity index is 1.84. The molecule has 0 spiro atoms. The maximum atomic E-state index is 13.4. The van der Waals surface area contributed by atoms with Crippen LogP contribution in [0.1, 0.15) is 35.3 Å². The number of para-hydroxylation sites is 1. The molecule has 34 heavy (non-hydrogen) atoms. The lowest BCUT2D eigenvalue weighted by Gasteiger charge is -2.17. The summed E-state index contributed by atoms with van der Waals surface area (Å²) >= 11 is 0. The zero-order valence-electron chi connectivity index (χ0n) is 18.8. The topological polar surface area (TPSA) is 84.9 Å². The van der Waals surface area contributed by atoms with Crippen LogP contribution >= 0.6 is 0 Å². The summed E-state index contributed by atoms with van der Waals surface area (Å²) in [5, 5.41) is 12.6. The van der Waals surface area contributed by atoms with Crippen LogP contribution < -0.4 is 10.1 Å². The number of aromatic hydroxyl groups is 1. The van der Waals surface area contributed by atoms with E-state index in [0.717, 1.165) is 0 Å². The third-order valence-corrected chi connectivity index (χ3v) is 5.04. The number of halogens is 2. The molecule has 0 aliphatic carbocycles. The van der Waals surface area contributed by atoms with Crippen molar-refractivity contribution in [3.63, 3.8) is 0 Å². The zero-order chi connectivity index (χ0) is 24.8. The van der Waals surface area contributed by atoms with Crippen LogP contribution in [0.4, 0.5) is 8.78 Å². The molecule has 3 rings (SSSR count). The minimum Gasteiger partial charge on any atom is -0.504 e. The van der Waals surface area contributed by atoms with E-state index >= 15 is 0 Å². The SMILES string of the molecule is COc1cccc(C(=O)N[C@@H](C)C(=O)OC(C)=C(c2ccc(F)cc2)c2ccc(F)cc2)c1O. The first kappa shape index (κ1) is 24.4. The van der Waals surface area contributed by atoms with Gasteiger partial charge in [-0.25, -0.2) is 13.6 Å². The van der Waals surface area contributed by atoms with Crippen molar-refractivity contribution in [2.45, 2.75) is 19.9 Å². The highest BCUT2D eigenvalue weighted by Gasteiger charge is 2.23. The number of methoxy groups -OCH3 is 1. The third-order valence-electron chi connectivity index (χ3n) is 5.04. The van der Waals surface area contributed by atoms with Crippen LogP contribution in [0.5, 0.6) is 11.5 Å². The van der Waals surface area contributed by atoms with Gasteiger partial charge in [0.25, 0.3) is 5.91 Å². The Hall–Kier alpha value is -4.20. The van der Waals surface area contributed by atoms with Crippen molar-refractivity contribution >= 4 is 17.4 Å². The lowest BCUT2D eigenvalue weighted by molar-refractivity contribution is -0.141. The van der Waals surface area contributed by atoms with Gasteiger partial charge in [-0.1, -0.05) is 30.3 Å². The van der Waals surface area contributed by atoms with Gasteiger partial charge < -0.3 is 19.9 Å². The number of phenolic OH excluding ortho intramolecular Hbond substituents is 1. The lowest BCUT2D eigenvalue weighted by Crippen LogP contribution is -2.39. The van der Waals surface area contributed by atoms with Gasteiger partial charge in [0.15, 0.2) is 11.5 Å². The van der Waals surface area contributed by atoms with Gasteiger partial charge >= 0.3 is 5.97 Å². The van der Waals surface area contributed by atoms with E-state index in [9.17, 15) is 23.5 Å². The van der Waals surface area contributed by atoms with Crippen molar-refractivity contribution in [3.8, 4) is 11.5 Å². The molecule has 2 N–H and O–H groups in total. The first-order chi connectivity index (χ1) is 16.2. The van der Waals surface area contributed by atoms with Crippen LogP contribution in [0.15, 0.2) is 72.5 Å². The lowest BCUT2D eigenvalue weighted by atomic mass is 9.97. The largest absolute Gasteiger partial charge is 0.504 e. The highest BCUT2D eigenvalue weighted by Crippen LogP contribution is 2.30. The summed E-state index contributed by atoms with van der Waals surface area (Å²) in [5.41, 5.74) is 1.49. The first-order valence-electron chi connectivity index (χ1n) is 10.3. The fourth-order valence-electron chi connectivity index (χ4n) is 3.30. The Labute approximate surface area is 195 Å². The predicted octanol–water partition coefficient (Wildman–Crippen LogP) is 4.82. The highest BCUT2D eigenvalue weighted by atomic mass is 19.1. The maximum absolute atomic E-state index is 13.4. The fraction of sp³-hybridized carbons (Fsp3) is 0.154. The average Bonchev–Trinajstić information content (AvgIpc) is 2.81. The molecule has 0 bridgehead atoms. The van der Waals surface area contributed by atoms with Crippen molar-refractivity contribution in [1.29, 1.82) is 0 Å². The Morgan fingerprint density at radius 1 is 0.912 bits per heavy atom. The van der Waals surface area contributed by atoms with Gasteiger partial charge in [0.1, 0.15) is 23.4 Å². The molecular formula is C26H23F2NO5. The van der Waals surface area contributed by atoms with Crippen molar-refractivity contribution in [2.24, 2.45) is 0 Å². The zero-order valence-corrected chi connectivity index (χ0v) is 18.8. The predicted molar refractivity (Wildman–Crippen MR) is 122 cm³/mol. The molecule has 0 fully saturated rings. The molecule has 0 aromatic heterocycles. The molecule has 0 saturated heterocycles. The number of hydrogen-bond donors (Lipinski definition) is 2. The minimum atomic E-state index is -1.07. The van der Waals surface area contributed by atoms with E-state index < -0.39 is 29.6 Å². The Bertz CT molecular complexity index is 1170. The molecule has 3 aromatic carbocycles. The average molecular weight is 467 g/mol. The summed E-state index contributed by atoms with van der Waals surface area (Å²) < 4.78 is 37.4. The van der Waals surface area contributed by atoms with E-state index in [2.05, 4.69) is 5.32 Å².